The topological polar surface area (TPSA) is 45.6 Å². The Kier molecular flexibility index (Phi) is 7.67. The molecule has 4 heterocycles. The molecule has 2 aliphatic heterocycles. The Morgan fingerprint density at radius 3 is 2.48 bits per heavy atom. The predicted molar refractivity (Wildman–Crippen MR) is 167 cm³/mol. The molecule has 6 nitrogen and oxygen atoms in total. The zero-order valence-corrected chi connectivity index (χ0v) is 24.4. The summed E-state index contributed by atoms with van der Waals surface area (Å²) in [7, 11) is 0. The molecule has 1 N–H and O–H groups in total. The van der Waals surface area contributed by atoms with Gasteiger partial charge in [-0.15, -0.1) is 0 Å². The van der Waals surface area contributed by atoms with Crippen LogP contribution in [-0.2, 0) is 0 Å². The molecule has 0 amide bonds. The molecule has 4 aromatic rings. The summed E-state index contributed by atoms with van der Waals surface area (Å²) in [6.07, 6.45) is 6.30. The molecule has 2 atom stereocenters. The predicted octanol–water partition coefficient (Wildman–Crippen LogP) is 7.34. The maximum absolute atomic E-state index is 6.96. The summed E-state index contributed by atoms with van der Waals surface area (Å²) >= 11 is 12.9. The van der Waals surface area contributed by atoms with Gasteiger partial charge in [0, 0.05) is 42.6 Å². The third-order valence-corrected chi connectivity index (χ3v) is 8.56. The van der Waals surface area contributed by atoms with Gasteiger partial charge in [0.2, 0.25) is 0 Å². The summed E-state index contributed by atoms with van der Waals surface area (Å²) in [5, 5.41) is 4.97. The van der Waals surface area contributed by atoms with E-state index in [4.69, 9.17) is 33.5 Å². The van der Waals surface area contributed by atoms with Gasteiger partial charge in [0.15, 0.2) is 5.11 Å². The molecule has 2 aromatic carbocycles. The van der Waals surface area contributed by atoms with Gasteiger partial charge in [-0.25, -0.2) is 0 Å². The minimum absolute atomic E-state index is 0.146. The number of nitrogens with one attached hydrogen (secondary N) is 1. The number of aromatic nitrogens is 2. The third kappa shape index (κ3) is 5.16. The zero-order valence-electron chi connectivity index (χ0n) is 22.8. The van der Waals surface area contributed by atoms with Gasteiger partial charge >= 0.3 is 0 Å². The summed E-state index contributed by atoms with van der Waals surface area (Å²) in [4.78, 5) is 9.29. The van der Waals surface area contributed by atoms with E-state index in [1.54, 1.807) is 0 Å². The molecule has 40 heavy (non-hydrogen) atoms. The van der Waals surface area contributed by atoms with E-state index < -0.39 is 0 Å². The lowest BCUT2D eigenvalue weighted by Crippen LogP contribution is -2.33. The minimum atomic E-state index is -0.151. The lowest BCUT2D eigenvalue weighted by molar-refractivity contribution is 0.340. The molecule has 0 spiro atoms. The molecule has 206 valence electrons. The van der Waals surface area contributed by atoms with Crippen molar-refractivity contribution in [3.63, 3.8) is 0 Å². The van der Waals surface area contributed by atoms with Crippen LogP contribution in [0.5, 0.6) is 5.75 Å². The smallest absolute Gasteiger partial charge is 0.174 e. The Labute approximate surface area is 246 Å². The number of halogens is 1. The number of thiocarbonyl (C=S) groups is 1. The van der Waals surface area contributed by atoms with Crippen molar-refractivity contribution in [2.45, 2.75) is 38.8 Å². The van der Waals surface area contributed by atoms with E-state index in [-0.39, 0.29) is 12.1 Å². The third-order valence-electron chi connectivity index (χ3n) is 7.94. The molecule has 8 heteroatoms. The number of nitrogens with zero attached hydrogens (tertiary/aromatic N) is 4. The number of pyridine rings is 1. The SMILES string of the molecule is CCOc1ccc(-n2cccc2[C@H]2[C@@H](c3ccccn3)NC(=S)N2c2ccc(N3CCC(C)CC3)c(Cl)c2)cc1. The van der Waals surface area contributed by atoms with Crippen LogP contribution in [0.2, 0.25) is 5.02 Å². The van der Waals surface area contributed by atoms with Crippen molar-refractivity contribution >= 4 is 40.3 Å². The quantitative estimate of drug-likeness (QED) is 0.234. The number of rotatable bonds is 7. The van der Waals surface area contributed by atoms with Crippen molar-refractivity contribution < 1.29 is 4.74 Å². The first kappa shape index (κ1) is 26.7. The standard InChI is InChI=1S/C32H34ClN5OS/c1-3-39-25-12-9-23(10-13-25)37-18-6-8-29(37)31-30(27-7-4-5-17-34-27)35-32(40)38(31)24-11-14-28(26(33)21-24)36-19-15-22(2)16-20-36/h4-14,17-18,21-22,30-31H,3,15-16,19-20H2,1-2H3,(H,35,40)/t30-,31+/m1/s1. The first-order chi connectivity index (χ1) is 19.5. The fraction of sp³-hybridized carbons (Fsp3) is 0.312. The minimum Gasteiger partial charge on any atom is -0.494 e. The summed E-state index contributed by atoms with van der Waals surface area (Å²) < 4.78 is 7.89. The normalized spacial score (nSPS) is 19.6. The second-order valence-electron chi connectivity index (χ2n) is 10.5. The maximum atomic E-state index is 6.96. The number of ether oxygens (including phenoxy) is 1. The molecule has 0 aliphatic carbocycles. The van der Waals surface area contributed by atoms with Gasteiger partial charge in [0.1, 0.15) is 11.8 Å². The molecule has 2 fully saturated rings. The van der Waals surface area contributed by atoms with Crippen LogP contribution in [0, 0.1) is 5.92 Å². The molecule has 2 aromatic heterocycles. The van der Waals surface area contributed by atoms with E-state index in [0.717, 1.165) is 58.2 Å². The first-order valence-electron chi connectivity index (χ1n) is 14.0. The van der Waals surface area contributed by atoms with Crippen molar-refractivity contribution in [2.24, 2.45) is 5.92 Å². The molecule has 0 radical (unpaired) electrons. The van der Waals surface area contributed by atoms with Crippen molar-refractivity contribution in [1.82, 2.24) is 14.9 Å². The van der Waals surface area contributed by atoms with E-state index in [1.165, 1.54) is 12.8 Å². The maximum Gasteiger partial charge on any atom is 0.174 e. The summed E-state index contributed by atoms with van der Waals surface area (Å²) in [6, 6.07) is 24.5. The average molecular weight is 572 g/mol. The summed E-state index contributed by atoms with van der Waals surface area (Å²) in [6.45, 7) is 7.02. The Bertz CT molecular complexity index is 1470. The highest BCUT2D eigenvalue weighted by atomic mass is 35.5. The second kappa shape index (κ2) is 11.5. The fourth-order valence-corrected chi connectivity index (χ4v) is 6.47. The number of hydrogen-bond acceptors (Lipinski definition) is 4. The molecule has 6 rings (SSSR count). The van der Waals surface area contributed by atoms with Crippen molar-refractivity contribution in [1.29, 1.82) is 0 Å². The molecular weight excluding hydrogens is 538 g/mol. The van der Waals surface area contributed by atoms with Crippen molar-refractivity contribution in [2.75, 3.05) is 29.5 Å². The highest BCUT2D eigenvalue weighted by Crippen LogP contribution is 2.44. The van der Waals surface area contributed by atoms with Crippen LogP contribution in [0.1, 0.15) is 50.2 Å². The van der Waals surface area contributed by atoms with Crippen LogP contribution in [0.15, 0.2) is 85.2 Å². The number of piperidine rings is 1. The largest absolute Gasteiger partial charge is 0.494 e. The Hall–Kier alpha value is -3.55. The number of anilines is 2. The molecule has 0 unspecified atom stereocenters. The number of hydrogen-bond donors (Lipinski definition) is 1. The lowest BCUT2D eigenvalue weighted by Gasteiger charge is -2.33. The van der Waals surface area contributed by atoms with Gasteiger partial charge in [-0.1, -0.05) is 24.6 Å². The van der Waals surface area contributed by atoms with E-state index in [9.17, 15) is 0 Å². The highest BCUT2D eigenvalue weighted by Gasteiger charge is 2.42. The van der Waals surface area contributed by atoms with Crippen molar-refractivity contribution in [3.8, 4) is 11.4 Å². The van der Waals surface area contributed by atoms with Crippen LogP contribution >= 0.6 is 23.8 Å². The highest BCUT2D eigenvalue weighted by molar-refractivity contribution is 7.80. The van der Waals surface area contributed by atoms with Crippen LogP contribution in [0.3, 0.4) is 0 Å². The second-order valence-corrected chi connectivity index (χ2v) is 11.3. The van der Waals surface area contributed by atoms with Gasteiger partial charge < -0.3 is 24.4 Å². The van der Waals surface area contributed by atoms with Crippen LogP contribution < -0.4 is 19.9 Å². The first-order valence-corrected chi connectivity index (χ1v) is 14.8. The van der Waals surface area contributed by atoms with Gasteiger partial charge in [-0.3, -0.25) is 4.98 Å². The molecule has 2 saturated heterocycles. The molecular formula is C32H34ClN5OS. The van der Waals surface area contributed by atoms with Gasteiger partial charge in [0.25, 0.3) is 0 Å². The Morgan fingerprint density at radius 2 is 1.77 bits per heavy atom. The van der Waals surface area contributed by atoms with Crippen LogP contribution in [-0.4, -0.2) is 34.4 Å². The summed E-state index contributed by atoms with van der Waals surface area (Å²) in [5.74, 6) is 1.62. The lowest BCUT2D eigenvalue weighted by atomic mass is 9.98. The Morgan fingerprint density at radius 1 is 1.00 bits per heavy atom. The van der Waals surface area contributed by atoms with E-state index in [0.29, 0.717) is 11.7 Å². The summed E-state index contributed by atoms with van der Waals surface area (Å²) in [5.41, 5.74) is 5.12. The molecule has 0 bridgehead atoms. The van der Waals surface area contributed by atoms with Crippen LogP contribution in [0.4, 0.5) is 11.4 Å². The average Bonchev–Trinajstić information content (AvgIpc) is 3.59. The van der Waals surface area contributed by atoms with Gasteiger partial charge in [0.05, 0.1) is 29.1 Å². The van der Waals surface area contributed by atoms with Crippen molar-refractivity contribution in [3.05, 3.63) is 102 Å². The fourth-order valence-electron chi connectivity index (χ4n) is 5.82. The molecule has 0 saturated carbocycles. The monoisotopic (exact) mass is 571 g/mol. The number of benzene rings is 2. The van der Waals surface area contributed by atoms with E-state index in [2.05, 4.69) is 75.3 Å². The van der Waals surface area contributed by atoms with Gasteiger partial charge in [-0.05, 0) is 105 Å². The molecule has 2 aliphatic rings. The Balaban J connectivity index is 1.40. The van der Waals surface area contributed by atoms with E-state index in [1.807, 2.05) is 43.5 Å². The van der Waals surface area contributed by atoms with Crippen LogP contribution in [0.25, 0.3) is 5.69 Å². The zero-order chi connectivity index (χ0) is 27.6. The van der Waals surface area contributed by atoms with Gasteiger partial charge in [-0.2, -0.15) is 0 Å². The van der Waals surface area contributed by atoms with E-state index >= 15 is 0 Å².